The van der Waals surface area contributed by atoms with Crippen LogP contribution in [0.25, 0.3) is 22.2 Å². The molecule has 5 rings (SSSR count). The van der Waals surface area contributed by atoms with E-state index < -0.39 is 5.82 Å². The lowest BCUT2D eigenvalue weighted by atomic mass is 10.1. The SMILES string of the molecule is CC(C)OC(=O)N1Cc2ccc(-c3ncc(F)c(Nc4ccc5c(=O)[nH]ccc5c4)n3)cc2C1. The van der Waals surface area contributed by atoms with Crippen molar-refractivity contribution < 1.29 is 13.9 Å². The number of rotatable bonds is 4. The van der Waals surface area contributed by atoms with E-state index in [9.17, 15) is 14.0 Å². The van der Waals surface area contributed by atoms with E-state index in [-0.39, 0.29) is 23.6 Å². The maximum Gasteiger partial charge on any atom is 0.410 e. The van der Waals surface area contributed by atoms with Crippen LogP contribution in [0.2, 0.25) is 0 Å². The quantitative estimate of drug-likeness (QED) is 0.458. The summed E-state index contributed by atoms with van der Waals surface area (Å²) in [5, 5.41) is 4.25. The molecule has 2 aromatic carbocycles. The Kier molecular flexibility index (Phi) is 5.45. The number of pyridine rings is 1. The highest BCUT2D eigenvalue weighted by molar-refractivity contribution is 5.85. The lowest BCUT2D eigenvalue weighted by Crippen LogP contribution is -2.28. The van der Waals surface area contributed by atoms with Crippen LogP contribution in [-0.2, 0) is 17.8 Å². The number of aromatic nitrogens is 3. The molecule has 0 unspecified atom stereocenters. The molecule has 0 radical (unpaired) electrons. The number of anilines is 2. The van der Waals surface area contributed by atoms with Gasteiger partial charge in [-0.25, -0.2) is 19.2 Å². The predicted molar refractivity (Wildman–Crippen MR) is 126 cm³/mol. The van der Waals surface area contributed by atoms with Crippen molar-refractivity contribution in [1.29, 1.82) is 0 Å². The molecule has 0 atom stereocenters. The van der Waals surface area contributed by atoms with E-state index in [0.717, 1.165) is 22.7 Å². The molecule has 172 valence electrons. The molecule has 0 aliphatic carbocycles. The molecule has 9 heteroatoms. The van der Waals surface area contributed by atoms with Crippen LogP contribution < -0.4 is 10.9 Å². The van der Waals surface area contributed by atoms with Gasteiger partial charge in [0, 0.05) is 35.9 Å². The van der Waals surface area contributed by atoms with Crippen molar-refractivity contribution in [1.82, 2.24) is 19.9 Å². The Hall–Kier alpha value is -4.27. The minimum atomic E-state index is -0.599. The first-order valence-electron chi connectivity index (χ1n) is 10.9. The largest absolute Gasteiger partial charge is 0.447 e. The first-order chi connectivity index (χ1) is 16.4. The van der Waals surface area contributed by atoms with Crippen LogP contribution in [0, 0.1) is 5.82 Å². The van der Waals surface area contributed by atoms with Crippen molar-refractivity contribution in [2.75, 3.05) is 5.32 Å². The van der Waals surface area contributed by atoms with Crippen molar-refractivity contribution in [3.05, 3.63) is 82.2 Å². The second-order valence-corrected chi connectivity index (χ2v) is 8.40. The number of ether oxygens (including phenoxy) is 1. The summed E-state index contributed by atoms with van der Waals surface area (Å²) in [6, 6.07) is 12.6. The molecule has 2 aromatic heterocycles. The third-order valence-corrected chi connectivity index (χ3v) is 5.56. The van der Waals surface area contributed by atoms with E-state index in [0.29, 0.717) is 35.6 Å². The molecule has 34 heavy (non-hydrogen) atoms. The zero-order chi connectivity index (χ0) is 23.8. The molecule has 8 nitrogen and oxygen atoms in total. The molecule has 0 bridgehead atoms. The van der Waals surface area contributed by atoms with Gasteiger partial charge in [-0.15, -0.1) is 0 Å². The van der Waals surface area contributed by atoms with Gasteiger partial charge in [-0.2, -0.15) is 0 Å². The zero-order valence-corrected chi connectivity index (χ0v) is 18.6. The number of aromatic amines is 1. The predicted octanol–water partition coefficient (Wildman–Crippen LogP) is 4.73. The molecule has 1 amide bonds. The van der Waals surface area contributed by atoms with E-state index in [1.165, 1.54) is 0 Å². The highest BCUT2D eigenvalue weighted by Crippen LogP contribution is 2.29. The number of halogens is 1. The van der Waals surface area contributed by atoms with E-state index in [4.69, 9.17) is 4.74 Å². The number of H-pyrrole nitrogens is 1. The fourth-order valence-electron chi connectivity index (χ4n) is 3.94. The Morgan fingerprint density at radius 1 is 1.15 bits per heavy atom. The topological polar surface area (TPSA) is 100 Å². The van der Waals surface area contributed by atoms with Crippen molar-refractivity contribution in [3.8, 4) is 11.4 Å². The number of fused-ring (bicyclic) bond motifs is 2. The number of hydrogen-bond donors (Lipinski definition) is 2. The van der Waals surface area contributed by atoms with Crippen LogP contribution in [-0.4, -0.2) is 32.0 Å². The van der Waals surface area contributed by atoms with Gasteiger partial charge in [0.15, 0.2) is 17.5 Å². The van der Waals surface area contributed by atoms with Crippen molar-refractivity contribution in [2.45, 2.75) is 33.0 Å². The second-order valence-electron chi connectivity index (χ2n) is 8.40. The average molecular weight is 459 g/mol. The van der Waals surface area contributed by atoms with Crippen molar-refractivity contribution in [3.63, 3.8) is 0 Å². The van der Waals surface area contributed by atoms with E-state index in [2.05, 4.69) is 20.3 Å². The van der Waals surface area contributed by atoms with Crippen LogP contribution in [0.1, 0.15) is 25.0 Å². The number of nitrogens with one attached hydrogen (secondary N) is 2. The summed E-state index contributed by atoms with van der Waals surface area (Å²) in [4.78, 5) is 37.0. The smallest absolute Gasteiger partial charge is 0.410 e. The monoisotopic (exact) mass is 459 g/mol. The maximum absolute atomic E-state index is 14.5. The Bertz CT molecular complexity index is 1470. The Morgan fingerprint density at radius 2 is 1.97 bits per heavy atom. The number of amides is 1. The van der Waals surface area contributed by atoms with Gasteiger partial charge >= 0.3 is 6.09 Å². The number of benzene rings is 2. The fourth-order valence-corrected chi connectivity index (χ4v) is 3.94. The summed E-state index contributed by atoms with van der Waals surface area (Å²) in [5.74, 6) is -0.220. The van der Waals surface area contributed by atoms with Gasteiger partial charge in [-0.3, -0.25) is 9.69 Å². The first-order valence-corrected chi connectivity index (χ1v) is 10.9. The normalized spacial score (nSPS) is 12.8. The molecule has 4 aromatic rings. The molecule has 0 fully saturated rings. The summed E-state index contributed by atoms with van der Waals surface area (Å²) in [7, 11) is 0. The van der Waals surface area contributed by atoms with Crippen molar-refractivity contribution >= 4 is 28.4 Å². The summed E-state index contributed by atoms with van der Waals surface area (Å²) in [6.45, 7) is 4.53. The third-order valence-electron chi connectivity index (χ3n) is 5.56. The van der Waals surface area contributed by atoms with Gasteiger partial charge in [0.05, 0.1) is 12.3 Å². The Balaban J connectivity index is 1.40. The lowest BCUT2D eigenvalue weighted by Gasteiger charge is -2.17. The number of hydrogen-bond acceptors (Lipinski definition) is 6. The fraction of sp³-hybridized carbons (Fsp3) is 0.200. The van der Waals surface area contributed by atoms with Gasteiger partial charge in [0.25, 0.3) is 5.56 Å². The molecule has 0 saturated carbocycles. The number of carbonyl (C=O) groups excluding carboxylic acids is 1. The standard InChI is InChI=1S/C25H22FN5O3/c1-14(2)34-25(33)31-12-17-4-3-16(9-18(17)13-31)22-28-11-21(26)23(30-22)29-19-5-6-20-15(10-19)7-8-27-24(20)32/h3-11,14H,12-13H2,1-2H3,(H,27,32)(H,28,29,30). The third kappa shape index (κ3) is 4.19. The Labute approximate surface area is 194 Å². The summed E-state index contributed by atoms with van der Waals surface area (Å²) >= 11 is 0. The minimum absolute atomic E-state index is 0.0248. The second kappa shape index (κ2) is 8.58. The Morgan fingerprint density at radius 3 is 2.79 bits per heavy atom. The molecular weight excluding hydrogens is 437 g/mol. The van der Waals surface area contributed by atoms with Gasteiger partial charge in [-0.05, 0) is 60.7 Å². The van der Waals surface area contributed by atoms with Gasteiger partial charge in [0.2, 0.25) is 0 Å². The molecule has 2 N–H and O–H groups in total. The van der Waals surface area contributed by atoms with Crippen LogP contribution in [0.3, 0.4) is 0 Å². The maximum atomic E-state index is 14.5. The number of nitrogens with zero attached hydrogens (tertiary/aromatic N) is 3. The van der Waals surface area contributed by atoms with Crippen LogP contribution >= 0.6 is 0 Å². The highest BCUT2D eigenvalue weighted by atomic mass is 19.1. The van der Waals surface area contributed by atoms with E-state index in [1.54, 1.807) is 35.4 Å². The molecule has 1 aliphatic heterocycles. The molecule has 0 spiro atoms. The van der Waals surface area contributed by atoms with Crippen LogP contribution in [0.15, 0.2) is 59.7 Å². The minimum Gasteiger partial charge on any atom is -0.447 e. The summed E-state index contributed by atoms with van der Waals surface area (Å²) < 4.78 is 19.8. The van der Waals surface area contributed by atoms with E-state index >= 15 is 0 Å². The number of carbonyl (C=O) groups is 1. The van der Waals surface area contributed by atoms with Crippen LogP contribution in [0.5, 0.6) is 0 Å². The molecule has 1 aliphatic rings. The molecule has 3 heterocycles. The summed E-state index contributed by atoms with van der Waals surface area (Å²) in [5.41, 5.74) is 3.12. The lowest BCUT2D eigenvalue weighted by molar-refractivity contribution is 0.0760. The van der Waals surface area contributed by atoms with Gasteiger partial charge in [-0.1, -0.05) is 12.1 Å². The van der Waals surface area contributed by atoms with Crippen molar-refractivity contribution in [2.24, 2.45) is 0 Å². The first kappa shape index (κ1) is 21.6. The van der Waals surface area contributed by atoms with Gasteiger partial charge < -0.3 is 15.0 Å². The zero-order valence-electron chi connectivity index (χ0n) is 18.6. The van der Waals surface area contributed by atoms with Crippen LogP contribution in [0.4, 0.5) is 20.7 Å². The molecule has 0 saturated heterocycles. The average Bonchev–Trinajstić information content (AvgIpc) is 3.24. The molecular formula is C25H22FN5O3. The van der Waals surface area contributed by atoms with E-state index in [1.807, 2.05) is 32.0 Å². The van der Waals surface area contributed by atoms with Gasteiger partial charge in [0.1, 0.15) is 0 Å². The summed E-state index contributed by atoms with van der Waals surface area (Å²) in [6.07, 6.45) is 2.15. The highest BCUT2D eigenvalue weighted by Gasteiger charge is 2.25.